The summed E-state index contributed by atoms with van der Waals surface area (Å²) in [4.78, 5) is 18.9. The van der Waals surface area contributed by atoms with E-state index < -0.39 is 18.4 Å². The molecule has 0 spiro atoms. The van der Waals surface area contributed by atoms with Gasteiger partial charge in [0.05, 0.1) is 0 Å². The van der Waals surface area contributed by atoms with Gasteiger partial charge in [-0.15, -0.1) is 0 Å². The van der Waals surface area contributed by atoms with Crippen LogP contribution < -0.4 is 0 Å². The third-order valence-electron chi connectivity index (χ3n) is 0.302. The predicted octanol–water partition coefficient (Wildman–Crippen LogP) is -0.835. The quantitative estimate of drug-likeness (QED) is 0.390. The summed E-state index contributed by atoms with van der Waals surface area (Å²) < 4.78 is 0. The molecule has 4 nitrogen and oxygen atoms in total. The molecule has 0 fully saturated rings. The van der Waals surface area contributed by atoms with Gasteiger partial charge in [0.2, 0.25) is 0 Å². The van der Waals surface area contributed by atoms with Crippen molar-refractivity contribution in [2.75, 3.05) is 0 Å². The molecule has 0 atom stereocenters. The summed E-state index contributed by atoms with van der Waals surface area (Å²) in [5.41, 5.74) is 0. The molecule has 0 saturated heterocycles. The fourth-order valence-electron chi connectivity index (χ4n) is 0.129. The molecule has 5 heteroatoms. The summed E-state index contributed by atoms with van der Waals surface area (Å²) >= 11 is 0. The zero-order valence-corrected chi connectivity index (χ0v) is 7.54. The van der Waals surface area contributed by atoms with E-state index in [2.05, 4.69) is 0 Å². The molecule has 0 unspecified atom stereocenters. The standard InChI is InChI=1S/C3H4O4.K/c4-2(5)1-3(6)7;/h1H2,(H,4,5)(H,6,7);. The molecule has 0 aliphatic rings. The van der Waals surface area contributed by atoms with Crippen molar-refractivity contribution >= 4 is 63.3 Å². The number of carboxylic acids is 2. The molecular formula is C3H4KO4. The zero-order chi connectivity index (χ0) is 5.86. The van der Waals surface area contributed by atoms with Crippen LogP contribution in [0.25, 0.3) is 0 Å². The van der Waals surface area contributed by atoms with Gasteiger partial charge in [0.25, 0.3) is 0 Å². The minimum atomic E-state index is -1.31. The van der Waals surface area contributed by atoms with Crippen molar-refractivity contribution in [2.24, 2.45) is 0 Å². The molecule has 0 bridgehead atoms. The molecule has 8 heavy (non-hydrogen) atoms. The molecular weight excluding hydrogens is 139 g/mol. The zero-order valence-electron chi connectivity index (χ0n) is 4.42. The van der Waals surface area contributed by atoms with Crippen molar-refractivity contribution in [3.63, 3.8) is 0 Å². The second-order valence-corrected chi connectivity index (χ2v) is 0.964. The fourth-order valence-corrected chi connectivity index (χ4v) is 0.129. The first-order chi connectivity index (χ1) is 3.13. The SMILES string of the molecule is O=C(O)CC(=O)O.[K]. The van der Waals surface area contributed by atoms with Gasteiger partial charge in [-0.3, -0.25) is 9.59 Å². The summed E-state index contributed by atoms with van der Waals surface area (Å²) in [6, 6.07) is 0. The number of aliphatic carboxylic acids is 2. The van der Waals surface area contributed by atoms with Gasteiger partial charge in [0.1, 0.15) is 6.42 Å². The van der Waals surface area contributed by atoms with Crippen molar-refractivity contribution < 1.29 is 19.8 Å². The Morgan fingerprint density at radius 2 is 1.38 bits per heavy atom. The molecule has 41 valence electrons. The predicted molar refractivity (Wildman–Crippen MR) is 25.6 cm³/mol. The summed E-state index contributed by atoms with van der Waals surface area (Å²) in [6.07, 6.45) is -0.806. The maximum atomic E-state index is 9.43. The average Bonchev–Trinajstić information content (AvgIpc) is 1.27. The van der Waals surface area contributed by atoms with Crippen molar-refractivity contribution in [1.29, 1.82) is 0 Å². The summed E-state index contributed by atoms with van der Waals surface area (Å²) in [6.45, 7) is 0. The Labute approximate surface area is 88.3 Å². The van der Waals surface area contributed by atoms with Crippen LogP contribution in [0.2, 0.25) is 0 Å². The van der Waals surface area contributed by atoms with Gasteiger partial charge >= 0.3 is 11.9 Å². The summed E-state index contributed by atoms with van der Waals surface area (Å²) in [5.74, 6) is -2.62. The maximum absolute atomic E-state index is 9.43. The van der Waals surface area contributed by atoms with E-state index in [1.54, 1.807) is 0 Å². The molecule has 0 rings (SSSR count). The molecule has 0 amide bonds. The Morgan fingerprint density at radius 3 is 1.38 bits per heavy atom. The van der Waals surface area contributed by atoms with Gasteiger partial charge < -0.3 is 10.2 Å². The first-order valence-electron chi connectivity index (χ1n) is 1.56. The van der Waals surface area contributed by atoms with Crippen LogP contribution in [0.1, 0.15) is 6.42 Å². The Hall–Kier alpha value is 0.576. The van der Waals surface area contributed by atoms with Gasteiger partial charge in [-0.1, -0.05) is 0 Å². The van der Waals surface area contributed by atoms with E-state index in [1.165, 1.54) is 0 Å². The second kappa shape index (κ2) is 5.71. The number of carboxylic acid groups (broad SMARTS) is 2. The van der Waals surface area contributed by atoms with Crippen LogP contribution >= 0.6 is 0 Å². The Balaban J connectivity index is 0. The summed E-state index contributed by atoms with van der Waals surface area (Å²) in [7, 11) is 0. The van der Waals surface area contributed by atoms with Gasteiger partial charge in [0, 0.05) is 51.4 Å². The largest absolute Gasteiger partial charge is 0.481 e. The van der Waals surface area contributed by atoms with E-state index in [9.17, 15) is 9.59 Å². The van der Waals surface area contributed by atoms with Gasteiger partial charge in [-0.05, 0) is 0 Å². The van der Waals surface area contributed by atoms with E-state index in [1.807, 2.05) is 0 Å². The van der Waals surface area contributed by atoms with Crippen molar-refractivity contribution in [1.82, 2.24) is 0 Å². The van der Waals surface area contributed by atoms with Crippen molar-refractivity contribution in [3.8, 4) is 0 Å². The third kappa shape index (κ3) is 9.76. The average molecular weight is 143 g/mol. The third-order valence-corrected chi connectivity index (χ3v) is 0.302. The monoisotopic (exact) mass is 143 g/mol. The van der Waals surface area contributed by atoms with E-state index in [0.29, 0.717) is 0 Å². The molecule has 0 aromatic heterocycles. The van der Waals surface area contributed by atoms with Gasteiger partial charge in [-0.2, -0.15) is 0 Å². The first kappa shape index (κ1) is 11.4. The fraction of sp³-hybridized carbons (Fsp3) is 0.333. The maximum Gasteiger partial charge on any atom is 0.314 e. The van der Waals surface area contributed by atoms with Crippen LogP contribution in [0, 0.1) is 0 Å². The molecule has 2 N–H and O–H groups in total. The van der Waals surface area contributed by atoms with E-state index >= 15 is 0 Å². The molecule has 1 radical (unpaired) electrons. The number of carbonyl (C=O) groups is 2. The number of hydrogen-bond acceptors (Lipinski definition) is 2. The van der Waals surface area contributed by atoms with Crippen molar-refractivity contribution in [2.45, 2.75) is 6.42 Å². The molecule has 0 aliphatic carbocycles. The van der Waals surface area contributed by atoms with Crippen LogP contribution in [-0.4, -0.2) is 73.5 Å². The summed E-state index contributed by atoms with van der Waals surface area (Å²) in [5, 5.41) is 15.4. The van der Waals surface area contributed by atoms with Crippen LogP contribution in [0.15, 0.2) is 0 Å². The normalized spacial score (nSPS) is 7.00. The van der Waals surface area contributed by atoms with Crippen molar-refractivity contribution in [3.05, 3.63) is 0 Å². The van der Waals surface area contributed by atoms with Gasteiger partial charge in [-0.25, -0.2) is 0 Å². The molecule has 0 saturated carbocycles. The number of rotatable bonds is 2. The minimum absolute atomic E-state index is 0. The van der Waals surface area contributed by atoms with E-state index in [0.717, 1.165) is 0 Å². The van der Waals surface area contributed by atoms with Crippen LogP contribution in [-0.2, 0) is 9.59 Å². The van der Waals surface area contributed by atoms with E-state index in [-0.39, 0.29) is 51.4 Å². The molecule has 0 aliphatic heterocycles. The Morgan fingerprint density at radius 1 is 1.12 bits per heavy atom. The Bertz CT molecular complexity index is 87.5. The topological polar surface area (TPSA) is 74.6 Å². The first-order valence-corrected chi connectivity index (χ1v) is 1.56. The smallest absolute Gasteiger partial charge is 0.314 e. The second-order valence-electron chi connectivity index (χ2n) is 0.964. The molecule has 0 heterocycles. The Kier molecular flexibility index (Phi) is 8.12. The molecule has 0 aromatic rings. The van der Waals surface area contributed by atoms with Crippen LogP contribution in [0.3, 0.4) is 0 Å². The minimum Gasteiger partial charge on any atom is -0.481 e. The molecule has 0 aromatic carbocycles. The van der Waals surface area contributed by atoms with Crippen LogP contribution in [0.4, 0.5) is 0 Å². The van der Waals surface area contributed by atoms with Crippen LogP contribution in [0.5, 0.6) is 0 Å². The van der Waals surface area contributed by atoms with E-state index in [4.69, 9.17) is 10.2 Å². The number of hydrogen-bond donors (Lipinski definition) is 2. The van der Waals surface area contributed by atoms with Gasteiger partial charge in [0.15, 0.2) is 0 Å².